The van der Waals surface area contributed by atoms with E-state index in [0.29, 0.717) is 6.54 Å². The van der Waals surface area contributed by atoms with E-state index >= 15 is 0 Å². The molecule has 3 nitrogen and oxygen atoms in total. The van der Waals surface area contributed by atoms with Crippen LogP contribution < -0.4 is 11.1 Å². The Bertz CT molecular complexity index is 327. The molecule has 16 heavy (non-hydrogen) atoms. The second-order valence-electron chi connectivity index (χ2n) is 4.96. The summed E-state index contributed by atoms with van der Waals surface area (Å²) in [5, 5.41) is 4.91. The number of carbonyl (C=O) groups excluding carboxylic acids is 1. The topological polar surface area (TPSA) is 55.1 Å². The molecule has 1 aromatic rings. The number of amides is 1. The zero-order valence-electron chi connectivity index (χ0n) is 10.1. The van der Waals surface area contributed by atoms with E-state index in [1.807, 2.05) is 32.2 Å². The van der Waals surface area contributed by atoms with E-state index in [1.165, 1.54) is 4.88 Å². The van der Waals surface area contributed by atoms with Crippen LogP contribution in [0.2, 0.25) is 0 Å². The summed E-state index contributed by atoms with van der Waals surface area (Å²) in [6.45, 7) is 6.56. The van der Waals surface area contributed by atoms with Crippen LogP contribution in [0.15, 0.2) is 17.5 Å². The lowest BCUT2D eigenvalue weighted by Gasteiger charge is -2.25. The van der Waals surface area contributed by atoms with Crippen LogP contribution in [-0.2, 0) is 11.2 Å². The Morgan fingerprint density at radius 2 is 2.25 bits per heavy atom. The summed E-state index contributed by atoms with van der Waals surface area (Å²) in [5.41, 5.74) is 5.66. The third-order valence-electron chi connectivity index (χ3n) is 2.47. The summed E-state index contributed by atoms with van der Waals surface area (Å²) in [4.78, 5) is 13.0. The predicted octanol–water partition coefficient (Wildman–Crippen LogP) is 1.78. The van der Waals surface area contributed by atoms with Gasteiger partial charge in [-0.25, -0.2) is 0 Å². The highest BCUT2D eigenvalue weighted by atomic mass is 32.1. The number of nitrogens with one attached hydrogen (secondary N) is 1. The van der Waals surface area contributed by atoms with Gasteiger partial charge in [0.15, 0.2) is 0 Å². The number of nitrogens with two attached hydrogens (primary N) is 1. The average Bonchev–Trinajstić information content (AvgIpc) is 2.67. The standard InChI is InChI=1S/C12H20N2OS/c1-12(2,3)10(13)11(15)14-7-6-9-5-4-8-16-9/h4-5,8,10H,6-7,13H2,1-3H3,(H,14,15)/t10-/m1/s1. The molecule has 0 aliphatic heterocycles. The molecule has 0 spiro atoms. The number of thiophene rings is 1. The molecule has 0 saturated heterocycles. The lowest BCUT2D eigenvalue weighted by Crippen LogP contribution is -2.48. The first-order valence-corrected chi connectivity index (χ1v) is 6.35. The van der Waals surface area contributed by atoms with Gasteiger partial charge < -0.3 is 11.1 Å². The molecule has 0 unspecified atom stereocenters. The largest absolute Gasteiger partial charge is 0.354 e. The van der Waals surface area contributed by atoms with Crippen molar-refractivity contribution in [3.05, 3.63) is 22.4 Å². The second kappa shape index (κ2) is 5.46. The molecule has 1 atom stereocenters. The molecule has 1 heterocycles. The van der Waals surface area contributed by atoms with Crippen molar-refractivity contribution < 1.29 is 4.79 Å². The van der Waals surface area contributed by atoms with Crippen molar-refractivity contribution in [3.63, 3.8) is 0 Å². The van der Waals surface area contributed by atoms with E-state index in [0.717, 1.165) is 6.42 Å². The molecule has 1 rings (SSSR count). The van der Waals surface area contributed by atoms with E-state index in [4.69, 9.17) is 5.73 Å². The van der Waals surface area contributed by atoms with Gasteiger partial charge in [-0.1, -0.05) is 26.8 Å². The number of hydrogen-bond acceptors (Lipinski definition) is 3. The fourth-order valence-electron chi connectivity index (χ4n) is 1.27. The third kappa shape index (κ3) is 3.94. The van der Waals surface area contributed by atoms with Crippen LogP contribution in [-0.4, -0.2) is 18.5 Å². The first-order valence-electron chi connectivity index (χ1n) is 5.47. The number of hydrogen-bond donors (Lipinski definition) is 2. The molecule has 1 aromatic heterocycles. The summed E-state index contributed by atoms with van der Waals surface area (Å²) in [6.07, 6.45) is 0.875. The van der Waals surface area contributed by atoms with Crippen molar-refractivity contribution in [2.24, 2.45) is 11.1 Å². The Morgan fingerprint density at radius 1 is 1.56 bits per heavy atom. The average molecular weight is 240 g/mol. The highest BCUT2D eigenvalue weighted by molar-refractivity contribution is 7.09. The molecule has 3 N–H and O–H groups in total. The molecule has 1 amide bonds. The van der Waals surface area contributed by atoms with E-state index in [2.05, 4.69) is 11.4 Å². The minimum atomic E-state index is -0.448. The first-order chi connectivity index (χ1) is 7.41. The molecule has 0 aromatic carbocycles. The zero-order chi connectivity index (χ0) is 12.2. The molecule has 0 radical (unpaired) electrons. The summed E-state index contributed by atoms with van der Waals surface area (Å²) in [7, 11) is 0. The van der Waals surface area contributed by atoms with Crippen LogP contribution >= 0.6 is 11.3 Å². The maximum absolute atomic E-state index is 11.7. The smallest absolute Gasteiger partial charge is 0.237 e. The van der Waals surface area contributed by atoms with Crippen LogP contribution in [0.4, 0.5) is 0 Å². The molecular formula is C12H20N2OS. The summed E-state index contributed by atoms with van der Waals surface area (Å²) in [5.74, 6) is -0.0657. The van der Waals surface area contributed by atoms with Crippen LogP contribution in [0.5, 0.6) is 0 Å². The molecule has 90 valence electrons. The van der Waals surface area contributed by atoms with Crippen molar-refractivity contribution >= 4 is 17.2 Å². The number of carbonyl (C=O) groups is 1. The van der Waals surface area contributed by atoms with Gasteiger partial charge in [0.2, 0.25) is 5.91 Å². The van der Waals surface area contributed by atoms with Crippen LogP contribution in [0.3, 0.4) is 0 Å². The zero-order valence-corrected chi connectivity index (χ0v) is 10.9. The SMILES string of the molecule is CC(C)(C)[C@H](N)C(=O)NCCc1cccs1. The maximum atomic E-state index is 11.7. The van der Waals surface area contributed by atoms with Crippen LogP contribution in [0.1, 0.15) is 25.6 Å². The highest BCUT2D eigenvalue weighted by Crippen LogP contribution is 2.17. The van der Waals surface area contributed by atoms with Crippen LogP contribution in [0, 0.1) is 5.41 Å². The summed E-state index contributed by atoms with van der Waals surface area (Å²) >= 11 is 1.71. The lowest BCUT2D eigenvalue weighted by atomic mass is 9.87. The van der Waals surface area contributed by atoms with Crippen molar-refractivity contribution in [2.45, 2.75) is 33.2 Å². The predicted molar refractivity (Wildman–Crippen MR) is 68.5 cm³/mol. The monoisotopic (exact) mass is 240 g/mol. The van der Waals surface area contributed by atoms with Gasteiger partial charge in [-0.05, 0) is 23.3 Å². The Morgan fingerprint density at radius 3 is 2.75 bits per heavy atom. The van der Waals surface area contributed by atoms with Crippen molar-refractivity contribution in [2.75, 3.05) is 6.54 Å². The molecule has 0 saturated carbocycles. The van der Waals surface area contributed by atoms with Crippen molar-refractivity contribution in [1.82, 2.24) is 5.32 Å². The fourth-order valence-corrected chi connectivity index (χ4v) is 1.98. The molecule has 0 bridgehead atoms. The summed E-state index contributed by atoms with van der Waals surface area (Å²) in [6, 6.07) is 3.64. The minimum absolute atomic E-state index is 0.0657. The second-order valence-corrected chi connectivity index (χ2v) is 6.00. The minimum Gasteiger partial charge on any atom is -0.354 e. The van der Waals surface area contributed by atoms with Gasteiger partial charge in [-0.2, -0.15) is 0 Å². The van der Waals surface area contributed by atoms with Crippen molar-refractivity contribution in [1.29, 1.82) is 0 Å². The van der Waals surface area contributed by atoms with Gasteiger partial charge >= 0.3 is 0 Å². The van der Waals surface area contributed by atoms with E-state index in [1.54, 1.807) is 11.3 Å². The van der Waals surface area contributed by atoms with Gasteiger partial charge in [0.1, 0.15) is 0 Å². The quantitative estimate of drug-likeness (QED) is 0.843. The van der Waals surface area contributed by atoms with E-state index in [9.17, 15) is 4.79 Å². The van der Waals surface area contributed by atoms with E-state index < -0.39 is 6.04 Å². The Labute approximate surface area is 101 Å². The molecule has 0 aliphatic rings. The van der Waals surface area contributed by atoms with Gasteiger partial charge in [0.25, 0.3) is 0 Å². The normalized spacial score (nSPS) is 13.5. The van der Waals surface area contributed by atoms with Crippen molar-refractivity contribution in [3.8, 4) is 0 Å². The molecule has 0 fully saturated rings. The fraction of sp³-hybridized carbons (Fsp3) is 0.583. The number of rotatable bonds is 4. The highest BCUT2D eigenvalue weighted by Gasteiger charge is 2.26. The van der Waals surface area contributed by atoms with Gasteiger partial charge in [0.05, 0.1) is 6.04 Å². The molecule has 4 heteroatoms. The maximum Gasteiger partial charge on any atom is 0.237 e. The lowest BCUT2D eigenvalue weighted by molar-refractivity contribution is -0.124. The third-order valence-corrected chi connectivity index (χ3v) is 3.40. The van der Waals surface area contributed by atoms with E-state index in [-0.39, 0.29) is 11.3 Å². The summed E-state index contributed by atoms with van der Waals surface area (Å²) < 4.78 is 0. The Kier molecular flexibility index (Phi) is 4.50. The molecule has 0 aliphatic carbocycles. The first kappa shape index (κ1) is 13.2. The van der Waals surface area contributed by atoms with Gasteiger partial charge in [-0.3, -0.25) is 4.79 Å². The molecular weight excluding hydrogens is 220 g/mol. The van der Waals surface area contributed by atoms with Crippen LogP contribution in [0.25, 0.3) is 0 Å². The Balaban J connectivity index is 2.30. The van der Waals surface area contributed by atoms with Gasteiger partial charge in [-0.15, -0.1) is 11.3 Å². The van der Waals surface area contributed by atoms with Gasteiger partial charge in [0, 0.05) is 11.4 Å². The Hall–Kier alpha value is -0.870.